The van der Waals surface area contributed by atoms with Crippen LogP contribution in [0.25, 0.3) is 0 Å². The lowest BCUT2D eigenvalue weighted by atomic mass is 9.46. The number of Topliss-reactive ketones (excluding diaryl/α,β-unsaturated/α-hetero) is 1. The Balaban J connectivity index is 1.57. The van der Waals surface area contributed by atoms with E-state index in [2.05, 4.69) is 10.2 Å². The number of rotatable bonds is 12. The number of methoxy groups -OCH3 is 1. The van der Waals surface area contributed by atoms with Crippen LogP contribution in [-0.4, -0.2) is 139 Å². The molecule has 1 saturated carbocycles. The van der Waals surface area contributed by atoms with Gasteiger partial charge in [0, 0.05) is 51.5 Å². The van der Waals surface area contributed by atoms with E-state index in [0.717, 1.165) is 0 Å². The Labute approximate surface area is 394 Å². The first-order chi connectivity index (χ1) is 31.5. The number of fused-ring (bicyclic) bond motifs is 3. The Kier molecular flexibility index (Phi) is 15.8. The summed E-state index contributed by atoms with van der Waals surface area (Å²) in [7, 11) is 1.49. The predicted octanol–water partition coefficient (Wildman–Crippen LogP) is 5.53. The number of ketones is 1. The van der Waals surface area contributed by atoms with Gasteiger partial charge in [-0.3, -0.25) is 14.5 Å². The monoisotopic (exact) mass is 934 g/mol. The molecule has 0 spiro atoms. The average Bonchev–Trinajstić information content (AvgIpc) is 3.27. The molecule has 6 rings (SSSR count). The first-order valence-corrected chi connectivity index (χ1v) is 23.3. The van der Waals surface area contributed by atoms with Crippen LogP contribution in [0.3, 0.4) is 0 Å². The molecule has 67 heavy (non-hydrogen) atoms. The van der Waals surface area contributed by atoms with Crippen LogP contribution in [0.5, 0.6) is 0 Å². The highest BCUT2D eigenvalue weighted by atomic mass is 16.6. The summed E-state index contributed by atoms with van der Waals surface area (Å²) in [5.41, 5.74) is -6.42. The van der Waals surface area contributed by atoms with Crippen LogP contribution < -0.4 is 5.32 Å². The highest BCUT2D eigenvalue weighted by Crippen LogP contribution is 2.62. The minimum atomic E-state index is -2.21. The molecule has 368 valence electrons. The smallest absolute Gasteiger partial charge is 0.408 e. The zero-order chi connectivity index (χ0) is 49.1. The topological polar surface area (TPSA) is 206 Å². The summed E-state index contributed by atoms with van der Waals surface area (Å²) in [5.74, 6) is -5.27. The number of nitrogens with zero attached hydrogens (tertiary/aromatic N) is 1. The van der Waals surface area contributed by atoms with Gasteiger partial charge in [0.1, 0.15) is 34.8 Å². The molecule has 2 saturated heterocycles. The van der Waals surface area contributed by atoms with E-state index in [1.54, 1.807) is 116 Å². The molecule has 2 heterocycles. The molecule has 3 fully saturated rings. The van der Waals surface area contributed by atoms with Crippen LogP contribution >= 0.6 is 0 Å². The van der Waals surface area contributed by atoms with Gasteiger partial charge in [0.2, 0.25) is 0 Å². The van der Waals surface area contributed by atoms with Gasteiger partial charge in [0.25, 0.3) is 0 Å². The lowest BCUT2D eigenvalue weighted by Gasteiger charge is -2.63. The second-order valence-corrected chi connectivity index (χ2v) is 20.3. The second-order valence-electron chi connectivity index (χ2n) is 20.3. The summed E-state index contributed by atoms with van der Waals surface area (Å²) in [4.78, 5) is 74.2. The molecule has 16 nitrogen and oxygen atoms in total. The minimum Gasteiger partial charge on any atom is -0.457 e. The molecule has 2 bridgehead atoms. The Morgan fingerprint density at radius 1 is 0.925 bits per heavy atom. The molecule has 2 aliphatic carbocycles. The summed E-state index contributed by atoms with van der Waals surface area (Å²) in [6.45, 7) is 17.6. The van der Waals surface area contributed by atoms with Crippen LogP contribution in [-0.2, 0) is 47.5 Å². The van der Waals surface area contributed by atoms with Gasteiger partial charge < -0.3 is 48.7 Å². The Bertz CT molecular complexity index is 2130. The van der Waals surface area contributed by atoms with E-state index in [1.165, 1.54) is 14.0 Å². The van der Waals surface area contributed by atoms with E-state index in [1.807, 2.05) is 0 Å². The maximum Gasteiger partial charge on any atom is 0.408 e. The standard InChI is InChI=1S/C51H70N2O14/c1-31-36(64-45(58)40(55)39(33-17-13-11-14-18-33)52-46(59)67-47(3,4)5)29-51(60)43(65-44(57)34-19-15-12-16-20-34)41-49(8,66-32(2)54)30-63-26-22-37(61-10)50(41,9)42(56)35(38(31)48(51,6)7)21-23-53-24-27-62-28-25-53/h11-20,35-37,39-41,43,55,60H,21-30H2,1-10H3,(H,52,59). The van der Waals surface area contributed by atoms with E-state index in [9.17, 15) is 29.4 Å². The lowest BCUT2D eigenvalue weighted by Crippen LogP contribution is -2.74. The highest BCUT2D eigenvalue weighted by Gasteiger charge is 2.72. The first kappa shape index (κ1) is 51.7. The predicted molar refractivity (Wildman–Crippen MR) is 245 cm³/mol. The third kappa shape index (κ3) is 10.6. The van der Waals surface area contributed by atoms with Crippen molar-refractivity contribution < 1.29 is 67.3 Å². The number of nitrogens with one attached hydrogen (secondary N) is 1. The summed E-state index contributed by atoms with van der Waals surface area (Å²) in [6, 6.07) is 15.3. The molecule has 16 heteroatoms. The third-order valence-electron chi connectivity index (χ3n) is 14.4. The molecule has 4 aliphatic rings. The number of hydrogen-bond donors (Lipinski definition) is 3. The van der Waals surface area contributed by atoms with Gasteiger partial charge in [-0.15, -0.1) is 0 Å². The van der Waals surface area contributed by atoms with Gasteiger partial charge in [0.05, 0.1) is 48.9 Å². The van der Waals surface area contributed by atoms with Crippen LogP contribution in [0.4, 0.5) is 4.79 Å². The molecule has 10 atom stereocenters. The molecular weight excluding hydrogens is 865 g/mol. The van der Waals surface area contributed by atoms with E-state index in [0.29, 0.717) is 49.6 Å². The van der Waals surface area contributed by atoms with Gasteiger partial charge >= 0.3 is 24.0 Å². The number of morpholine rings is 1. The van der Waals surface area contributed by atoms with Gasteiger partial charge in [-0.2, -0.15) is 0 Å². The molecule has 0 aromatic heterocycles. The Hall–Kier alpha value is -4.71. The summed E-state index contributed by atoms with van der Waals surface area (Å²) in [5, 5.41) is 28.6. The number of ether oxygens (including phenoxy) is 7. The van der Waals surface area contributed by atoms with Gasteiger partial charge in [0.15, 0.2) is 6.10 Å². The summed E-state index contributed by atoms with van der Waals surface area (Å²) < 4.78 is 42.8. The van der Waals surface area contributed by atoms with Crippen LogP contribution in [0, 0.1) is 22.7 Å². The van der Waals surface area contributed by atoms with Gasteiger partial charge in [-0.1, -0.05) is 62.4 Å². The quantitative estimate of drug-likeness (QED) is 0.136. The molecule has 2 aromatic rings. The van der Waals surface area contributed by atoms with Crippen molar-refractivity contribution in [3.8, 4) is 0 Å². The number of carbonyl (C=O) groups excluding carboxylic acids is 5. The number of aliphatic hydroxyl groups is 2. The summed E-state index contributed by atoms with van der Waals surface area (Å²) >= 11 is 0. The van der Waals surface area contributed by atoms with Crippen molar-refractivity contribution in [3.63, 3.8) is 0 Å². The molecular formula is C51H70N2O14. The van der Waals surface area contributed by atoms with Gasteiger partial charge in [-0.25, -0.2) is 14.4 Å². The van der Waals surface area contributed by atoms with Crippen LogP contribution in [0.1, 0.15) is 104 Å². The minimum absolute atomic E-state index is 0.141. The van der Waals surface area contributed by atoms with E-state index in [4.69, 9.17) is 33.2 Å². The number of benzene rings is 2. The second kappa shape index (κ2) is 20.5. The van der Waals surface area contributed by atoms with Crippen molar-refractivity contribution in [1.29, 1.82) is 0 Å². The molecule has 2 aromatic carbocycles. The zero-order valence-corrected chi connectivity index (χ0v) is 40.6. The fourth-order valence-electron chi connectivity index (χ4n) is 11.2. The number of amides is 1. The lowest BCUT2D eigenvalue weighted by molar-refractivity contribution is -0.260. The number of aliphatic hydroxyl groups excluding tert-OH is 1. The van der Waals surface area contributed by atoms with Crippen molar-refractivity contribution in [2.24, 2.45) is 22.7 Å². The van der Waals surface area contributed by atoms with Crippen LogP contribution in [0.15, 0.2) is 71.8 Å². The fraction of sp³-hybridized carbons (Fsp3) is 0.627. The van der Waals surface area contributed by atoms with Crippen molar-refractivity contribution in [1.82, 2.24) is 10.2 Å². The maximum atomic E-state index is 16.4. The third-order valence-corrected chi connectivity index (χ3v) is 14.4. The van der Waals surface area contributed by atoms with Crippen molar-refractivity contribution >= 4 is 29.8 Å². The van der Waals surface area contributed by atoms with Crippen molar-refractivity contribution in [2.45, 2.75) is 129 Å². The van der Waals surface area contributed by atoms with Crippen LogP contribution in [0.2, 0.25) is 0 Å². The number of hydrogen-bond acceptors (Lipinski definition) is 15. The Morgan fingerprint density at radius 3 is 2.15 bits per heavy atom. The van der Waals surface area contributed by atoms with E-state index < -0.39 is 100 Å². The number of alkyl carbamates (subject to hydrolysis) is 1. The van der Waals surface area contributed by atoms with Crippen molar-refractivity contribution in [3.05, 3.63) is 82.9 Å². The van der Waals surface area contributed by atoms with E-state index >= 15 is 4.79 Å². The number of esters is 3. The first-order valence-electron chi connectivity index (χ1n) is 23.3. The molecule has 3 N–H and O–H groups in total. The van der Waals surface area contributed by atoms with Crippen molar-refractivity contribution in [2.75, 3.05) is 53.2 Å². The van der Waals surface area contributed by atoms with E-state index in [-0.39, 0.29) is 37.4 Å². The zero-order valence-electron chi connectivity index (χ0n) is 40.6. The molecule has 1 amide bonds. The molecule has 2 aliphatic heterocycles. The highest BCUT2D eigenvalue weighted by molar-refractivity contribution is 5.92. The molecule has 0 radical (unpaired) electrons. The summed E-state index contributed by atoms with van der Waals surface area (Å²) in [6.07, 6.45) is -6.67. The fourth-order valence-corrected chi connectivity index (χ4v) is 11.2. The average molecular weight is 935 g/mol. The van der Waals surface area contributed by atoms with Gasteiger partial charge in [-0.05, 0) is 89.8 Å². The SMILES string of the molecule is COC1CCOCC(C)(OC(C)=O)C2C(OC(=O)c3ccccc3)C3(O)CC(OC(=O)C(O)C(NC(=O)OC(C)(C)C)c4ccccc4)C(C)=C(C(CCN4CCOCC4)C(=O)C12C)C3(C)C. The maximum absolute atomic E-state index is 16.4. The largest absolute Gasteiger partial charge is 0.457 e. The number of carbonyl (C=O) groups is 5. The Morgan fingerprint density at radius 2 is 1.55 bits per heavy atom. The molecule has 10 unspecified atom stereocenters. The normalized spacial score (nSPS) is 31.0.